The van der Waals surface area contributed by atoms with E-state index in [4.69, 9.17) is 22.9 Å². The fourth-order valence-corrected chi connectivity index (χ4v) is 16.5. The molecule has 4 saturated heterocycles. The third kappa shape index (κ3) is 12.5. The first kappa shape index (κ1) is 74.2. The second-order valence-electron chi connectivity index (χ2n) is 30.1. The van der Waals surface area contributed by atoms with Gasteiger partial charge in [-0.15, -0.1) is 0 Å². The molecule has 4 saturated carbocycles. The van der Waals surface area contributed by atoms with Crippen LogP contribution in [0.3, 0.4) is 0 Å². The van der Waals surface area contributed by atoms with Gasteiger partial charge >= 0.3 is 0 Å². The predicted molar refractivity (Wildman–Crippen MR) is 423 cm³/mol. The second kappa shape index (κ2) is 27.7. The van der Waals surface area contributed by atoms with Gasteiger partial charge in [-0.2, -0.15) is 0 Å². The highest BCUT2D eigenvalue weighted by atomic mass is 16.3. The smallest absolute Gasteiger partial charge is 0.285 e. The van der Waals surface area contributed by atoms with Crippen LogP contribution in [0.25, 0.3) is 67.1 Å². The Morgan fingerprint density at radius 3 is 0.716 bits per heavy atom. The van der Waals surface area contributed by atoms with Crippen molar-refractivity contribution in [2.75, 3.05) is 28.2 Å². The van der Waals surface area contributed by atoms with E-state index in [0.29, 0.717) is 45.0 Å². The van der Waals surface area contributed by atoms with Crippen molar-refractivity contribution in [3.8, 4) is 92.4 Å². The van der Waals surface area contributed by atoms with Crippen LogP contribution in [-0.2, 0) is 19.2 Å². The summed E-state index contributed by atoms with van der Waals surface area (Å²) in [5, 5.41) is 43.0. The monoisotopic (exact) mass is 1540 g/mol. The first-order valence-corrected chi connectivity index (χ1v) is 37.2. The van der Waals surface area contributed by atoms with Crippen molar-refractivity contribution in [2.45, 2.75) is 72.3 Å². The van der Waals surface area contributed by atoms with Gasteiger partial charge in [0, 0.05) is 145 Å². The largest absolute Gasteiger partial charge is 0.369 e. The fraction of sp³-hybridized carbons (Fsp3) is 0.227. The molecule has 12 aromatic rings. The third-order valence-corrected chi connectivity index (χ3v) is 23.0. The molecule has 4 aromatic carbocycles. The number of carbonyl (C=O) groups excluding carboxylic acids is 8. The third-order valence-electron chi connectivity index (χ3n) is 23.0. The lowest BCUT2D eigenvalue weighted by Gasteiger charge is -2.18. The topological polar surface area (TPSA) is 404 Å². The summed E-state index contributed by atoms with van der Waals surface area (Å²) in [5.41, 5.74) is 26.5. The number of aromatic nitrogens is 8. The summed E-state index contributed by atoms with van der Waals surface area (Å²) in [6.07, 6.45) is 10.1. The number of carbonyl (C=O) groups is 8. The number of rotatable bonds is 8. The van der Waals surface area contributed by atoms with Gasteiger partial charge in [-0.3, -0.25) is 56.0 Å². The minimum Gasteiger partial charge on any atom is -0.369 e. The van der Waals surface area contributed by atoms with Crippen molar-refractivity contribution in [1.29, 1.82) is 0 Å². The number of likely N-dealkylation sites (tertiary alicyclic amines) is 4. The number of amides is 8. The lowest BCUT2D eigenvalue weighted by atomic mass is 9.98. The maximum Gasteiger partial charge on any atom is 0.285 e. The van der Waals surface area contributed by atoms with E-state index in [1.54, 1.807) is 139 Å². The number of pyridine rings is 4. The zero-order valence-corrected chi connectivity index (χ0v) is 62.7. The van der Waals surface area contributed by atoms with Crippen molar-refractivity contribution >= 4 is 69.3 Å². The van der Waals surface area contributed by atoms with Gasteiger partial charge in [-0.25, -0.2) is 19.9 Å². The van der Waals surface area contributed by atoms with Gasteiger partial charge in [0.15, 0.2) is 0 Å². The van der Waals surface area contributed by atoms with E-state index < -0.39 is 46.0 Å². The van der Waals surface area contributed by atoms with Gasteiger partial charge in [-0.05, 0) is 123 Å². The molecule has 576 valence electrons. The molecule has 8 aliphatic rings. The van der Waals surface area contributed by atoms with E-state index >= 15 is 0 Å². The SMILES string of the molecule is CN1C(=O)[C@@](O)(C#Cc2cccc(-c3nc(C(N)=O)n4ccccc34)c2)[C@@H]2C[C@@H]21.CN1C(=O)[C@@](O)(C#Cc2cccc(-c3nc(C(N)=O)n4ccccc34)c2)[C@H]2C[C@H]21.CN1C(=O)[C@](O)(C#Cc2cccc(-c3nc(C(N)=O)n4ccccc34)c2)[C@@H]2C[C@@H]21.CN1C(=O)[C@](O)(C#Cc2cccc(-c3nc(C(N)=O)n4ccccc34)c2)[C@H]2C[C@H]21. The summed E-state index contributed by atoms with van der Waals surface area (Å²) in [5.74, 6) is 19.3. The molecular weight excluding hydrogens is 1470 g/mol. The molecule has 0 radical (unpaired) electrons. The first-order chi connectivity index (χ1) is 55.6. The van der Waals surface area contributed by atoms with E-state index in [-0.39, 0.29) is 94.8 Å². The van der Waals surface area contributed by atoms with E-state index in [0.717, 1.165) is 70.0 Å². The van der Waals surface area contributed by atoms with E-state index in [2.05, 4.69) is 67.3 Å². The van der Waals surface area contributed by atoms with E-state index in [9.17, 15) is 58.8 Å². The molecular formula is C88H72N16O12. The van der Waals surface area contributed by atoms with Gasteiger partial charge in [0.25, 0.3) is 47.3 Å². The number of nitrogens with two attached hydrogens (primary N) is 4. The average Bonchev–Trinajstić information content (AvgIpc) is 1.56. The minimum absolute atomic E-state index is 0.0947. The van der Waals surface area contributed by atoms with Crippen molar-refractivity contribution < 1.29 is 58.8 Å². The molecule has 0 spiro atoms. The highest BCUT2D eigenvalue weighted by Crippen LogP contribution is 2.53. The molecule has 12 atom stereocenters. The summed E-state index contributed by atoms with van der Waals surface area (Å²) >= 11 is 0. The Hall–Kier alpha value is -14.5. The minimum atomic E-state index is -1.62. The molecule has 0 unspecified atom stereocenters. The summed E-state index contributed by atoms with van der Waals surface area (Å²) in [7, 11) is 6.81. The number of primary amides is 4. The Labute approximate surface area is 661 Å². The van der Waals surface area contributed by atoms with Crippen molar-refractivity contribution in [3.63, 3.8) is 0 Å². The number of fused-ring (bicyclic) bond motifs is 8. The molecule has 28 nitrogen and oxygen atoms in total. The van der Waals surface area contributed by atoms with Gasteiger partial charge in [0.1, 0.15) is 0 Å². The van der Waals surface area contributed by atoms with Crippen LogP contribution in [-0.4, -0.2) is 200 Å². The summed E-state index contributed by atoms with van der Waals surface area (Å²) in [4.78, 5) is 120. The molecule has 0 bridgehead atoms. The van der Waals surface area contributed by atoms with E-state index in [1.807, 2.05) is 121 Å². The normalized spacial score (nSPS) is 24.9. The van der Waals surface area contributed by atoms with Crippen LogP contribution >= 0.6 is 0 Å². The molecule has 28 heteroatoms. The molecule has 8 amide bonds. The lowest BCUT2D eigenvalue weighted by molar-refractivity contribution is -0.141. The maximum absolute atomic E-state index is 12.3. The fourth-order valence-electron chi connectivity index (χ4n) is 16.5. The van der Waals surface area contributed by atoms with Gasteiger partial charge in [-0.1, -0.05) is 120 Å². The number of nitrogens with zero attached hydrogens (tertiary/aromatic N) is 12. The molecule has 4 aliphatic carbocycles. The van der Waals surface area contributed by atoms with Gasteiger partial charge < -0.3 is 63.0 Å². The standard InChI is InChI=1S/4C22H18N4O3/c4*1-25-17-12-15(17)22(29,21(25)28)9-8-13-5-4-6-14(11-13)18-16-7-2-3-10-26(16)20(24-18)19(23)27/h4*2-7,10-11,15,17,29H,12H2,1H3,(H2,23,27)/t2*15-,17+,22+;2*15-,17+,22-/m1010/s1. The Balaban J connectivity index is 0.000000111. The highest BCUT2D eigenvalue weighted by molar-refractivity contribution is 5.99. The van der Waals surface area contributed by atoms with Crippen LogP contribution in [0.5, 0.6) is 0 Å². The van der Waals surface area contributed by atoms with E-state index in [1.165, 1.54) is 0 Å². The average molecular weight is 1550 g/mol. The number of hydrogen-bond donors (Lipinski definition) is 8. The Morgan fingerprint density at radius 2 is 0.534 bits per heavy atom. The molecule has 8 aromatic heterocycles. The van der Waals surface area contributed by atoms with Crippen molar-refractivity contribution in [2.24, 2.45) is 46.6 Å². The van der Waals surface area contributed by atoms with Crippen LogP contribution in [0.4, 0.5) is 0 Å². The molecule has 4 aliphatic heterocycles. The van der Waals surface area contributed by atoms with Crippen LogP contribution < -0.4 is 22.9 Å². The number of aliphatic hydroxyl groups is 4. The zero-order chi connectivity index (χ0) is 81.3. The number of likely N-dealkylation sites (N-methyl/N-ethyl adjacent to an activating group) is 4. The lowest BCUT2D eigenvalue weighted by Crippen LogP contribution is -2.41. The predicted octanol–water partition coefficient (Wildman–Crippen LogP) is 4.17. The summed E-state index contributed by atoms with van der Waals surface area (Å²) in [6.45, 7) is 0. The van der Waals surface area contributed by atoms with Crippen molar-refractivity contribution in [1.82, 2.24) is 57.1 Å². The number of piperidine rings is 4. The Kier molecular flexibility index (Phi) is 17.7. The molecule has 12 N–H and O–H groups in total. The van der Waals surface area contributed by atoms with Crippen LogP contribution in [0.15, 0.2) is 195 Å². The number of benzene rings is 4. The van der Waals surface area contributed by atoms with Crippen LogP contribution in [0, 0.1) is 71.0 Å². The molecule has 8 fully saturated rings. The first-order valence-electron chi connectivity index (χ1n) is 37.2. The number of imidazole rings is 4. The summed E-state index contributed by atoms with van der Waals surface area (Å²) in [6, 6.07) is 51.7. The Bertz CT molecular complexity index is 5790. The van der Waals surface area contributed by atoms with Gasteiger partial charge in [0.2, 0.25) is 45.7 Å². The quantitative estimate of drug-likeness (QED) is 0.0990. The van der Waals surface area contributed by atoms with Crippen LogP contribution in [0.2, 0.25) is 0 Å². The van der Waals surface area contributed by atoms with Crippen molar-refractivity contribution in [3.05, 3.63) is 240 Å². The zero-order valence-electron chi connectivity index (χ0n) is 62.7. The summed E-state index contributed by atoms with van der Waals surface area (Å²) < 4.78 is 6.61. The highest BCUT2D eigenvalue weighted by Gasteiger charge is 2.69. The Morgan fingerprint density at radius 1 is 0.328 bits per heavy atom. The second-order valence-corrected chi connectivity index (χ2v) is 30.1. The van der Waals surface area contributed by atoms with Crippen LogP contribution in [0.1, 0.15) is 90.4 Å². The van der Waals surface area contributed by atoms with Gasteiger partial charge in [0.05, 0.1) is 44.8 Å². The maximum atomic E-state index is 12.3. The number of hydrogen-bond acceptors (Lipinski definition) is 16. The molecule has 116 heavy (non-hydrogen) atoms. The molecule has 20 rings (SSSR count). The molecule has 12 heterocycles.